The number of carbonyl (C=O) groups is 1. The second-order valence-corrected chi connectivity index (χ2v) is 6.71. The number of methoxy groups -OCH3 is 1. The highest BCUT2D eigenvalue weighted by Crippen LogP contribution is 2.35. The van der Waals surface area contributed by atoms with Gasteiger partial charge in [-0.15, -0.1) is 0 Å². The second-order valence-electron chi connectivity index (χ2n) is 6.28. The number of hydrogen-bond acceptors (Lipinski definition) is 4. The first kappa shape index (κ1) is 18.9. The summed E-state index contributed by atoms with van der Waals surface area (Å²) >= 11 is 6.17. The lowest BCUT2D eigenvalue weighted by atomic mass is 10.1. The normalized spacial score (nSPS) is 14.5. The van der Waals surface area contributed by atoms with Crippen molar-refractivity contribution >= 4 is 17.5 Å². The molecule has 1 saturated heterocycles. The molecule has 1 aliphatic heterocycles. The molecule has 0 spiro atoms. The van der Waals surface area contributed by atoms with Crippen LogP contribution >= 0.6 is 11.6 Å². The van der Waals surface area contributed by atoms with Crippen LogP contribution in [-0.2, 0) is 11.3 Å². The van der Waals surface area contributed by atoms with Crippen molar-refractivity contribution in [2.45, 2.75) is 45.8 Å². The number of amides is 1. The molecular formula is C18H27ClN2O3. The minimum Gasteiger partial charge on any atom is -0.493 e. The smallest absolute Gasteiger partial charge is 0.222 e. The molecule has 1 fully saturated rings. The Morgan fingerprint density at radius 1 is 1.38 bits per heavy atom. The molecule has 1 heterocycles. The Labute approximate surface area is 149 Å². The van der Waals surface area contributed by atoms with E-state index < -0.39 is 0 Å². The largest absolute Gasteiger partial charge is 0.493 e. The summed E-state index contributed by atoms with van der Waals surface area (Å²) in [5.74, 6) is 1.66. The van der Waals surface area contributed by atoms with Crippen molar-refractivity contribution in [1.29, 1.82) is 0 Å². The van der Waals surface area contributed by atoms with Gasteiger partial charge in [-0.3, -0.25) is 4.79 Å². The number of likely N-dealkylation sites (tertiary alicyclic amines) is 1. The third-order valence-corrected chi connectivity index (χ3v) is 4.16. The highest BCUT2D eigenvalue weighted by atomic mass is 35.5. The molecule has 1 N–H and O–H groups in total. The van der Waals surface area contributed by atoms with E-state index in [1.54, 1.807) is 13.2 Å². The van der Waals surface area contributed by atoms with Crippen molar-refractivity contribution in [2.24, 2.45) is 0 Å². The Kier molecular flexibility index (Phi) is 7.18. The number of hydrogen-bond donors (Lipinski definition) is 1. The molecule has 0 saturated carbocycles. The zero-order chi connectivity index (χ0) is 17.5. The van der Waals surface area contributed by atoms with Gasteiger partial charge in [0.05, 0.1) is 13.2 Å². The molecule has 1 amide bonds. The Morgan fingerprint density at radius 3 is 2.79 bits per heavy atom. The van der Waals surface area contributed by atoms with Crippen molar-refractivity contribution in [3.8, 4) is 11.5 Å². The van der Waals surface area contributed by atoms with E-state index in [1.165, 1.54) is 0 Å². The quantitative estimate of drug-likeness (QED) is 0.692. The van der Waals surface area contributed by atoms with Crippen LogP contribution in [0, 0.1) is 0 Å². The summed E-state index contributed by atoms with van der Waals surface area (Å²) in [4.78, 5) is 13.5. The molecule has 5 nitrogen and oxygen atoms in total. The SMILES string of the molecule is COc1cc(Cl)cc(CNCCCN2CCCC2=O)c1OC(C)C. The monoisotopic (exact) mass is 354 g/mol. The predicted molar refractivity (Wildman–Crippen MR) is 95.9 cm³/mol. The molecular weight excluding hydrogens is 328 g/mol. The van der Waals surface area contributed by atoms with Crippen molar-refractivity contribution < 1.29 is 14.3 Å². The predicted octanol–water partition coefficient (Wildman–Crippen LogP) is 3.24. The Balaban J connectivity index is 1.88. The van der Waals surface area contributed by atoms with Gasteiger partial charge in [0.15, 0.2) is 11.5 Å². The minimum absolute atomic E-state index is 0.0556. The topological polar surface area (TPSA) is 50.8 Å². The van der Waals surface area contributed by atoms with Gasteiger partial charge in [-0.2, -0.15) is 0 Å². The van der Waals surface area contributed by atoms with Crippen LogP contribution in [0.3, 0.4) is 0 Å². The third-order valence-electron chi connectivity index (χ3n) is 3.94. The molecule has 1 aromatic carbocycles. The van der Waals surface area contributed by atoms with E-state index >= 15 is 0 Å². The number of ether oxygens (including phenoxy) is 2. The fourth-order valence-electron chi connectivity index (χ4n) is 2.83. The molecule has 0 atom stereocenters. The van der Waals surface area contributed by atoms with Crippen molar-refractivity contribution in [2.75, 3.05) is 26.7 Å². The van der Waals surface area contributed by atoms with Crippen LogP contribution in [0.1, 0.15) is 38.7 Å². The molecule has 6 heteroatoms. The van der Waals surface area contributed by atoms with E-state index in [2.05, 4.69) is 5.32 Å². The summed E-state index contributed by atoms with van der Waals surface area (Å²) in [5.41, 5.74) is 0.977. The van der Waals surface area contributed by atoms with Gasteiger partial charge < -0.3 is 19.7 Å². The third kappa shape index (κ3) is 5.28. The maximum absolute atomic E-state index is 11.6. The second kappa shape index (κ2) is 9.14. The van der Waals surface area contributed by atoms with Crippen LogP contribution in [0.5, 0.6) is 11.5 Å². The summed E-state index contributed by atoms with van der Waals surface area (Å²) in [7, 11) is 1.61. The fourth-order valence-corrected chi connectivity index (χ4v) is 3.06. The lowest BCUT2D eigenvalue weighted by Gasteiger charge is -2.19. The van der Waals surface area contributed by atoms with E-state index in [-0.39, 0.29) is 12.0 Å². The van der Waals surface area contributed by atoms with Crippen molar-refractivity contribution in [3.63, 3.8) is 0 Å². The van der Waals surface area contributed by atoms with Crippen molar-refractivity contribution in [3.05, 3.63) is 22.7 Å². The molecule has 0 radical (unpaired) electrons. The molecule has 0 unspecified atom stereocenters. The van der Waals surface area contributed by atoms with E-state index in [0.717, 1.165) is 43.8 Å². The highest BCUT2D eigenvalue weighted by Gasteiger charge is 2.19. The molecule has 1 aliphatic rings. The number of nitrogens with one attached hydrogen (secondary N) is 1. The maximum atomic E-state index is 11.6. The van der Waals surface area contributed by atoms with Gasteiger partial charge in [0, 0.05) is 42.7 Å². The highest BCUT2D eigenvalue weighted by molar-refractivity contribution is 6.30. The first-order chi connectivity index (χ1) is 11.5. The average Bonchev–Trinajstić information content (AvgIpc) is 2.94. The van der Waals surface area contributed by atoms with Crippen molar-refractivity contribution in [1.82, 2.24) is 10.2 Å². The summed E-state index contributed by atoms with van der Waals surface area (Å²) in [6, 6.07) is 3.67. The van der Waals surface area contributed by atoms with E-state index in [0.29, 0.717) is 23.7 Å². The standard InChI is InChI=1S/C18H27ClN2O3/c1-13(2)24-18-14(10-15(19)11-16(18)23-3)12-20-7-5-9-21-8-4-6-17(21)22/h10-11,13,20H,4-9,12H2,1-3H3. The van der Waals surface area contributed by atoms with Crippen LogP contribution in [0.4, 0.5) is 0 Å². The molecule has 2 rings (SSSR count). The van der Waals surface area contributed by atoms with Crippen LogP contribution in [0.2, 0.25) is 5.02 Å². The number of halogens is 1. The Bertz CT molecular complexity index is 563. The number of benzene rings is 1. The average molecular weight is 355 g/mol. The van der Waals surface area contributed by atoms with Crippen LogP contribution in [0.15, 0.2) is 12.1 Å². The fraction of sp³-hybridized carbons (Fsp3) is 0.611. The molecule has 24 heavy (non-hydrogen) atoms. The molecule has 1 aromatic rings. The van der Waals surface area contributed by atoms with E-state index in [4.69, 9.17) is 21.1 Å². The molecule has 0 aliphatic carbocycles. The maximum Gasteiger partial charge on any atom is 0.222 e. The summed E-state index contributed by atoms with van der Waals surface area (Å²) < 4.78 is 11.3. The van der Waals surface area contributed by atoms with Gasteiger partial charge in [-0.1, -0.05) is 11.6 Å². The lowest BCUT2D eigenvalue weighted by molar-refractivity contribution is -0.127. The summed E-state index contributed by atoms with van der Waals surface area (Å²) in [6.45, 7) is 7.17. The van der Waals surface area contributed by atoms with Gasteiger partial charge in [-0.25, -0.2) is 0 Å². The molecule has 0 aromatic heterocycles. The van der Waals surface area contributed by atoms with E-state index in [1.807, 2.05) is 24.8 Å². The Morgan fingerprint density at radius 2 is 2.17 bits per heavy atom. The molecule has 0 bridgehead atoms. The van der Waals surface area contributed by atoms with Gasteiger partial charge in [0.2, 0.25) is 5.91 Å². The lowest BCUT2D eigenvalue weighted by Crippen LogP contribution is -2.28. The first-order valence-electron chi connectivity index (χ1n) is 8.52. The summed E-state index contributed by atoms with van der Waals surface area (Å²) in [5, 5.41) is 4.03. The Hall–Kier alpha value is -1.46. The van der Waals surface area contributed by atoms with Crippen LogP contribution < -0.4 is 14.8 Å². The molecule has 134 valence electrons. The number of carbonyl (C=O) groups excluding carboxylic acids is 1. The zero-order valence-electron chi connectivity index (χ0n) is 14.7. The van der Waals surface area contributed by atoms with Crippen LogP contribution in [0.25, 0.3) is 0 Å². The van der Waals surface area contributed by atoms with Gasteiger partial charge in [0.25, 0.3) is 0 Å². The number of nitrogens with zero attached hydrogens (tertiary/aromatic N) is 1. The van der Waals surface area contributed by atoms with Gasteiger partial charge >= 0.3 is 0 Å². The number of rotatable bonds is 9. The summed E-state index contributed by atoms with van der Waals surface area (Å²) in [6.07, 6.45) is 2.68. The van der Waals surface area contributed by atoms with E-state index in [9.17, 15) is 4.79 Å². The van der Waals surface area contributed by atoms with Gasteiger partial charge in [0.1, 0.15) is 0 Å². The minimum atomic E-state index is 0.0556. The van der Waals surface area contributed by atoms with Gasteiger partial charge in [-0.05, 0) is 39.3 Å². The first-order valence-corrected chi connectivity index (χ1v) is 8.90. The zero-order valence-corrected chi connectivity index (χ0v) is 15.5. The van der Waals surface area contributed by atoms with Crippen LogP contribution in [-0.4, -0.2) is 43.7 Å².